The quantitative estimate of drug-likeness (QED) is 0.682. The van der Waals surface area contributed by atoms with Crippen LogP contribution in [0.1, 0.15) is 46.5 Å². The Morgan fingerprint density at radius 1 is 1.08 bits per heavy atom. The van der Waals surface area contributed by atoms with Gasteiger partial charge in [-0.2, -0.15) is 8.42 Å². The topological polar surface area (TPSA) is 54.4 Å². The lowest BCUT2D eigenvalue weighted by Crippen LogP contribution is -2.22. The maximum atomic E-state index is 10.9. The standard InChI is InChI=1S/C9H20O3S/c1-4-8(5-2)7-9(6-3)13(10,11)12/h8-9H,4-7H2,1-3H3,(H,10,11,12). The second kappa shape index (κ2) is 5.60. The Morgan fingerprint density at radius 2 is 1.54 bits per heavy atom. The van der Waals surface area contributed by atoms with Crippen LogP contribution < -0.4 is 0 Å². The normalized spacial score (nSPS) is 14.8. The lowest BCUT2D eigenvalue weighted by Gasteiger charge is -2.17. The van der Waals surface area contributed by atoms with Crippen LogP contribution in [0.3, 0.4) is 0 Å². The minimum atomic E-state index is -3.83. The molecule has 0 fully saturated rings. The molecule has 1 atom stereocenters. The van der Waals surface area contributed by atoms with Gasteiger partial charge in [-0.05, 0) is 18.8 Å². The number of rotatable bonds is 6. The van der Waals surface area contributed by atoms with Crippen molar-refractivity contribution in [2.75, 3.05) is 0 Å². The highest BCUT2D eigenvalue weighted by atomic mass is 32.2. The Balaban J connectivity index is 4.29. The molecule has 1 N–H and O–H groups in total. The molecule has 0 aromatic carbocycles. The van der Waals surface area contributed by atoms with Crippen molar-refractivity contribution < 1.29 is 13.0 Å². The maximum absolute atomic E-state index is 10.9. The van der Waals surface area contributed by atoms with E-state index in [2.05, 4.69) is 0 Å². The van der Waals surface area contributed by atoms with E-state index < -0.39 is 15.4 Å². The molecule has 0 radical (unpaired) electrons. The molecule has 0 saturated heterocycles. The van der Waals surface area contributed by atoms with Crippen LogP contribution in [0.15, 0.2) is 0 Å². The van der Waals surface area contributed by atoms with E-state index >= 15 is 0 Å². The molecule has 1 unspecified atom stereocenters. The zero-order chi connectivity index (χ0) is 10.5. The van der Waals surface area contributed by atoms with E-state index in [4.69, 9.17) is 4.55 Å². The van der Waals surface area contributed by atoms with Gasteiger partial charge in [0.05, 0.1) is 5.25 Å². The highest BCUT2D eigenvalue weighted by molar-refractivity contribution is 7.86. The molecule has 0 heterocycles. The molecule has 0 aliphatic carbocycles. The van der Waals surface area contributed by atoms with Crippen LogP contribution in [0, 0.1) is 5.92 Å². The van der Waals surface area contributed by atoms with Crippen molar-refractivity contribution in [1.29, 1.82) is 0 Å². The summed E-state index contributed by atoms with van der Waals surface area (Å²) in [6.45, 7) is 5.89. The summed E-state index contributed by atoms with van der Waals surface area (Å²) in [5, 5.41) is -0.572. The first kappa shape index (κ1) is 12.9. The minimum Gasteiger partial charge on any atom is -0.285 e. The summed E-state index contributed by atoms with van der Waals surface area (Å²) in [7, 11) is -3.83. The fourth-order valence-corrected chi connectivity index (χ4v) is 2.43. The van der Waals surface area contributed by atoms with Crippen LogP contribution in [0.5, 0.6) is 0 Å². The van der Waals surface area contributed by atoms with Crippen LogP contribution in [-0.4, -0.2) is 18.2 Å². The second-order valence-electron chi connectivity index (χ2n) is 3.46. The number of hydrogen-bond donors (Lipinski definition) is 1. The van der Waals surface area contributed by atoms with Crippen molar-refractivity contribution in [2.24, 2.45) is 5.92 Å². The first-order chi connectivity index (χ1) is 5.95. The Bertz CT molecular complexity index is 217. The van der Waals surface area contributed by atoms with E-state index in [1.807, 2.05) is 13.8 Å². The van der Waals surface area contributed by atoms with Crippen LogP contribution >= 0.6 is 0 Å². The van der Waals surface area contributed by atoms with Crippen molar-refractivity contribution in [3.05, 3.63) is 0 Å². The van der Waals surface area contributed by atoms with Gasteiger partial charge in [0.1, 0.15) is 0 Å². The monoisotopic (exact) mass is 208 g/mol. The van der Waals surface area contributed by atoms with Gasteiger partial charge in [0.25, 0.3) is 10.1 Å². The molecule has 0 aromatic heterocycles. The molecule has 0 spiro atoms. The van der Waals surface area contributed by atoms with Gasteiger partial charge in [0.2, 0.25) is 0 Å². The summed E-state index contributed by atoms with van der Waals surface area (Å²) in [5.74, 6) is 0.409. The SMILES string of the molecule is CCC(CC)CC(CC)S(=O)(=O)O. The van der Waals surface area contributed by atoms with E-state index in [1.54, 1.807) is 6.92 Å². The first-order valence-corrected chi connectivity index (χ1v) is 6.42. The Labute approximate surface area is 81.3 Å². The molecule has 0 rings (SSSR count). The molecule has 0 amide bonds. The Hall–Kier alpha value is -0.0900. The van der Waals surface area contributed by atoms with Crippen molar-refractivity contribution in [2.45, 2.75) is 51.7 Å². The Kier molecular flexibility index (Phi) is 5.56. The third-order valence-electron chi connectivity index (χ3n) is 2.63. The van der Waals surface area contributed by atoms with Crippen molar-refractivity contribution in [3.63, 3.8) is 0 Å². The van der Waals surface area contributed by atoms with Gasteiger partial charge in [-0.3, -0.25) is 4.55 Å². The second-order valence-corrected chi connectivity index (χ2v) is 5.16. The van der Waals surface area contributed by atoms with Gasteiger partial charge < -0.3 is 0 Å². The number of hydrogen-bond acceptors (Lipinski definition) is 2. The van der Waals surface area contributed by atoms with Crippen molar-refractivity contribution in [1.82, 2.24) is 0 Å². The smallest absolute Gasteiger partial charge is 0.267 e. The van der Waals surface area contributed by atoms with Crippen LogP contribution in [-0.2, 0) is 10.1 Å². The van der Waals surface area contributed by atoms with E-state index in [9.17, 15) is 8.42 Å². The molecular formula is C9H20O3S. The van der Waals surface area contributed by atoms with Crippen LogP contribution in [0.2, 0.25) is 0 Å². The highest BCUT2D eigenvalue weighted by Crippen LogP contribution is 2.20. The van der Waals surface area contributed by atoms with Crippen LogP contribution in [0.4, 0.5) is 0 Å². The van der Waals surface area contributed by atoms with E-state index in [0.717, 1.165) is 12.8 Å². The van der Waals surface area contributed by atoms with E-state index in [-0.39, 0.29) is 0 Å². The lowest BCUT2D eigenvalue weighted by atomic mass is 9.97. The van der Waals surface area contributed by atoms with Crippen molar-refractivity contribution >= 4 is 10.1 Å². The summed E-state index contributed by atoms with van der Waals surface area (Å²) in [5.41, 5.74) is 0. The molecular weight excluding hydrogens is 188 g/mol. The molecule has 0 bridgehead atoms. The van der Waals surface area contributed by atoms with Gasteiger partial charge in [0, 0.05) is 0 Å². The van der Waals surface area contributed by atoms with Gasteiger partial charge in [-0.1, -0.05) is 33.6 Å². The summed E-state index contributed by atoms with van der Waals surface area (Å²) >= 11 is 0. The molecule has 0 saturated carbocycles. The predicted molar refractivity (Wildman–Crippen MR) is 54.3 cm³/mol. The minimum absolute atomic E-state index is 0.409. The first-order valence-electron chi connectivity index (χ1n) is 4.91. The summed E-state index contributed by atoms with van der Waals surface area (Å²) in [6, 6.07) is 0. The zero-order valence-electron chi connectivity index (χ0n) is 8.66. The van der Waals surface area contributed by atoms with Gasteiger partial charge in [-0.25, -0.2) is 0 Å². The van der Waals surface area contributed by atoms with Gasteiger partial charge in [0.15, 0.2) is 0 Å². The molecule has 3 nitrogen and oxygen atoms in total. The molecule has 4 heteroatoms. The highest BCUT2D eigenvalue weighted by Gasteiger charge is 2.23. The lowest BCUT2D eigenvalue weighted by molar-refractivity contribution is 0.405. The predicted octanol–water partition coefficient (Wildman–Crippen LogP) is 2.48. The fourth-order valence-electron chi connectivity index (χ4n) is 1.49. The largest absolute Gasteiger partial charge is 0.285 e. The fraction of sp³-hybridized carbons (Fsp3) is 1.00. The molecule has 13 heavy (non-hydrogen) atoms. The van der Waals surface area contributed by atoms with Gasteiger partial charge >= 0.3 is 0 Å². The summed E-state index contributed by atoms with van der Waals surface area (Å²) in [6.07, 6.45) is 3.03. The van der Waals surface area contributed by atoms with Gasteiger partial charge in [-0.15, -0.1) is 0 Å². The summed E-state index contributed by atoms with van der Waals surface area (Å²) < 4.78 is 30.7. The average Bonchev–Trinajstić information content (AvgIpc) is 2.04. The zero-order valence-corrected chi connectivity index (χ0v) is 9.47. The molecule has 0 aliphatic heterocycles. The van der Waals surface area contributed by atoms with E-state index in [1.165, 1.54) is 0 Å². The van der Waals surface area contributed by atoms with E-state index in [0.29, 0.717) is 18.8 Å². The Morgan fingerprint density at radius 3 is 1.77 bits per heavy atom. The third kappa shape index (κ3) is 4.62. The van der Waals surface area contributed by atoms with Crippen LogP contribution in [0.25, 0.3) is 0 Å². The van der Waals surface area contributed by atoms with Crippen molar-refractivity contribution in [3.8, 4) is 0 Å². The molecule has 0 aliphatic rings. The molecule has 0 aromatic rings. The third-order valence-corrected chi connectivity index (χ3v) is 4.00. The maximum Gasteiger partial charge on any atom is 0.267 e. The average molecular weight is 208 g/mol. The summed E-state index contributed by atoms with van der Waals surface area (Å²) in [4.78, 5) is 0. The molecule has 80 valence electrons.